The topological polar surface area (TPSA) is 30.3 Å². The van der Waals surface area contributed by atoms with E-state index in [9.17, 15) is 0 Å². The van der Waals surface area contributed by atoms with Crippen LogP contribution >= 0.6 is 15.9 Å². The highest BCUT2D eigenvalue weighted by atomic mass is 79.9. The van der Waals surface area contributed by atoms with Gasteiger partial charge in [-0.05, 0) is 50.6 Å². The van der Waals surface area contributed by atoms with Gasteiger partial charge in [0.15, 0.2) is 0 Å². The number of nitriles is 1. The Morgan fingerprint density at radius 1 is 1.53 bits per heavy atom. The Bertz CT molecular complexity index is 481. The van der Waals surface area contributed by atoms with E-state index >= 15 is 0 Å². The molecule has 102 valence electrons. The number of hydrogen-bond donors (Lipinski definition) is 0. The second-order valence-electron chi connectivity index (χ2n) is 5.25. The lowest BCUT2D eigenvalue weighted by Crippen LogP contribution is -2.46. The zero-order valence-corrected chi connectivity index (χ0v) is 13.2. The highest BCUT2D eigenvalue weighted by Crippen LogP contribution is 2.27. The van der Waals surface area contributed by atoms with E-state index in [-0.39, 0.29) is 0 Å². The number of benzene rings is 1. The molecule has 0 aliphatic carbocycles. The van der Waals surface area contributed by atoms with Crippen molar-refractivity contribution in [1.82, 2.24) is 4.90 Å². The minimum Gasteiger partial charge on any atom is -0.370 e. The lowest BCUT2D eigenvalue weighted by Gasteiger charge is -2.38. The molecule has 0 amide bonds. The van der Waals surface area contributed by atoms with E-state index in [1.54, 1.807) is 0 Å². The van der Waals surface area contributed by atoms with Gasteiger partial charge in [-0.1, -0.05) is 15.9 Å². The Labute approximate surface area is 123 Å². The number of halogens is 1. The first-order valence-electron chi connectivity index (χ1n) is 6.70. The molecule has 4 heteroatoms. The molecular formula is C15H20BrN3. The van der Waals surface area contributed by atoms with Crippen LogP contribution in [0, 0.1) is 18.3 Å². The summed E-state index contributed by atoms with van der Waals surface area (Å²) in [6, 6.07) is 9.18. The van der Waals surface area contributed by atoms with Crippen molar-refractivity contribution in [2.75, 3.05) is 31.6 Å². The van der Waals surface area contributed by atoms with E-state index in [1.165, 1.54) is 24.1 Å². The van der Waals surface area contributed by atoms with Crippen molar-refractivity contribution in [3.63, 3.8) is 0 Å². The van der Waals surface area contributed by atoms with Gasteiger partial charge in [0.1, 0.15) is 0 Å². The van der Waals surface area contributed by atoms with Gasteiger partial charge < -0.3 is 4.90 Å². The van der Waals surface area contributed by atoms with E-state index in [2.05, 4.69) is 56.9 Å². The summed E-state index contributed by atoms with van der Waals surface area (Å²) in [6.07, 6.45) is 2.38. The Morgan fingerprint density at radius 3 is 3.00 bits per heavy atom. The molecule has 19 heavy (non-hydrogen) atoms. The first-order chi connectivity index (χ1) is 9.11. The van der Waals surface area contributed by atoms with Crippen LogP contribution in [0.4, 0.5) is 5.69 Å². The molecule has 0 radical (unpaired) electrons. The summed E-state index contributed by atoms with van der Waals surface area (Å²) in [7, 11) is 2.05. The Hall–Kier alpha value is -1.05. The third-order valence-electron chi connectivity index (χ3n) is 3.84. The normalized spacial score (nSPS) is 19.5. The minimum atomic E-state index is 0.483. The van der Waals surface area contributed by atoms with Crippen molar-refractivity contribution in [2.45, 2.75) is 25.8 Å². The van der Waals surface area contributed by atoms with Gasteiger partial charge in [0.2, 0.25) is 0 Å². The lowest BCUT2D eigenvalue weighted by molar-refractivity contribution is 0.238. The van der Waals surface area contributed by atoms with E-state index in [4.69, 9.17) is 5.26 Å². The molecule has 1 fully saturated rings. The molecule has 1 unspecified atom stereocenters. The molecule has 1 aromatic rings. The van der Waals surface area contributed by atoms with Crippen LogP contribution < -0.4 is 4.90 Å². The molecule has 0 N–H and O–H groups in total. The fourth-order valence-electron chi connectivity index (χ4n) is 2.75. The van der Waals surface area contributed by atoms with Crippen molar-refractivity contribution in [2.24, 2.45) is 0 Å². The van der Waals surface area contributed by atoms with Crippen LogP contribution in [0.15, 0.2) is 22.7 Å². The van der Waals surface area contributed by atoms with Gasteiger partial charge in [0.05, 0.1) is 12.6 Å². The van der Waals surface area contributed by atoms with Crippen LogP contribution in [-0.4, -0.2) is 37.6 Å². The second-order valence-corrected chi connectivity index (χ2v) is 6.16. The first kappa shape index (κ1) is 14.4. The molecule has 3 nitrogen and oxygen atoms in total. The average Bonchev–Trinajstić information content (AvgIpc) is 2.39. The predicted molar refractivity (Wildman–Crippen MR) is 82.4 cm³/mol. The number of aryl methyl sites for hydroxylation is 1. The SMILES string of the molecule is Cc1cc(Br)ccc1N1CCCC(N(C)CC#N)C1. The molecule has 1 heterocycles. The second kappa shape index (κ2) is 6.40. The van der Waals surface area contributed by atoms with E-state index < -0.39 is 0 Å². The van der Waals surface area contributed by atoms with Crippen LogP contribution in [0.1, 0.15) is 18.4 Å². The standard InChI is InChI=1S/C15H20BrN3/c1-12-10-13(16)5-6-15(12)19-8-3-4-14(11-19)18(2)9-7-17/h5-6,10,14H,3-4,8-9,11H2,1-2H3. The number of rotatable bonds is 3. The number of nitrogens with zero attached hydrogens (tertiary/aromatic N) is 3. The van der Waals surface area contributed by atoms with Gasteiger partial charge in [-0.3, -0.25) is 4.90 Å². The monoisotopic (exact) mass is 321 g/mol. The molecule has 1 aliphatic heterocycles. The summed E-state index contributed by atoms with van der Waals surface area (Å²) in [5.41, 5.74) is 2.62. The third kappa shape index (κ3) is 3.49. The summed E-state index contributed by atoms with van der Waals surface area (Å²) in [6.45, 7) is 4.79. The fraction of sp³-hybridized carbons (Fsp3) is 0.533. The highest BCUT2D eigenvalue weighted by molar-refractivity contribution is 9.10. The van der Waals surface area contributed by atoms with Crippen molar-refractivity contribution in [3.05, 3.63) is 28.2 Å². The molecule has 1 saturated heterocycles. The summed E-state index contributed by atoms with van der Waals surface area (Å²) >= 11 is 3.51. The average molecular weight is 322 g/mol. The molecular weight excluding hydrogens is 302 g/mol. The maximum Gasteiger partial charge on any atom is 0.0866 e. The van der Waals surface area contributed by atoms with Gasteiger partial charge in [-0.25, -0.2) is 0 Å². The van der Waals surface area contributed by atoms with E-state index in [1.807, 2.05) is 7.05 Å². The van der Waals surface area contributed by atoms with E-state index in [0.29, 0.717) is 12.6 Å². The van der Waals surface area contributed by atoms with Crippen LogP contribution in [0.25, 0.3) is 0 Å². The largest absolute Gasteiger partial charge is 0.370 e. The van der Waals surface area contributed by atoms with Gasteiger partial charge in [0, 0.05) is 29.3 Å². The molecule has 0 spiro atoms. The Morgan fingerprint density at radius 2 is 2.32 bits per heavy atom. The highest BCUT2D eigenvalue weighted by Gasteiger charge is 2.23. The van der Waals surface area contributed by atoms with E-state index in [0.717, 1.165) is 17.6 Å². The summed E-state index contributed by atoms with van der Waals surface area (Å²) in [4.78, 5) is 4.62. The number of piperidine rings is 1. The van der Waals surface area contributed by atoms with Crippen molar-refractivity contribution in [1.29, 1.82) is 5.26 Å². The number of anilines is 1. The molecule has 1 aromatic carbocycles. The molecule has 0 saturated carbocycles. The molecule has 1 atom stereocenters. The van der Waals surface area contributed by atoms with Gasteiger partial charge >= 0.3 is 0 Å². The van der Waals surface area contributed by atoms with Crippen LogP contribution in [0.5, 0.6) is 0 Å². The fourth-order valence-corrected chi connectivity index (χ4v) is 3.22. The molecule has 0 bridgehead atoms. The van der Waals surface area contributed by atoms with Crippen LogP contribution in [0.2, 0.25) is 0 Å². The van der Waals surface area contributed by atoms with Crippen LogP contribution in [-0.2, 0) is 0 Å². The Kier molecular flexibility index (Phi) is 4.84. The first-order valence-corrected chi connectivity index (χ1v) is 7.49. The van der Waals surface area contributed by atoms with Crippen molar-refractivity contribution in [3.8, 4) is 6.07 Å². The van der Waals surface area contributed by atoms with Crippen molar-refractivity contribution < 1.29 is 0 Å². The maximum absolute atomic E-state index is 8.81. The summed E-state index contributed by atoms with van der Waals surface area (Å²) < 4.78 is 1.13. The molecule has 0 aromatic heterocycles. The molecule has 1 aliphatic rings. The lowest BCUT2D eigenvalue weighted by atomic mass is 10.0. The van der Waals surface area contributed by atoms with Crippen molar-refractivity contribution >= 4 is 21.6 Å². The summed E-state index contributed by atoms with van der Waals surface area (Å²) in [5.74, 6) is 0. The van der Waals surface area contributed by atoms with Gasteiger partial charge in [0.25, 0.3) is 0 Å². The van der Waals surface area contributed by atoms with Crippen LogP contribution in [0.3, 0.4) is 0 Å². The zero-order valence-electron chi connectivity index (χ0n) is 11.6. The predicted octanol–water partition coefficient (Wildman–Crippen LogP) is 3.18. The maximum atomic E-state index is 8.81. The molecule has 2 rings (SSSR count). The smallest absolute Gasteiger partial charge is 0.0866 e. The summed E-state index contributed by atoms with van der Waals surface area (Å²) in [5, 5.41) is 8.81. The number of likely N-dealkylation sites (N-methyl/N-ethyl adjacent to an activating group) is 1. The van der Waals surface area contributed by atoms with Gasteiger partial charge in [-0.2, -0.15) is 5.26 Å². The quantitative estimate of drug-likeness (QED) is 0.801. The van der Waals surface area contributed by atoms with Gasteiger partial charge in [-0.15, -0.1) is 0 Å². The zero-order chi connectivity index (χ0) is 13.8. The Balaban J connectivity index is 2.11. The number of hydrogen-bond acceptors (Lipinski definition) is 3. The third-order valence-corrected chi connectivity index (χ3v) is 4.33. The minimum absolute atomic E-state index is 0.483.